The first-order valence-corrected chi connectivity index (χ1v) is 6.84. The molecule has 1 aliphatic rings. The lowest BCUT2D eigenvalue weighted by molar-refractivity contribution is -0.116. The summed E-state index contributed by atoms with van der Waals surface area (Å²) in [4.78, 5) is 16.3. The van der Waals surface area contributed by atoms with E-state index in [1.807, 2.05) is 0 Å². The first-order valence-electron chi connectivity index (χ1n) is 5.96. The monoisotopic (exact) mass is 277 g/mol. The van der Waals surface area contributed by atoms with Crippen LogP contribution < -0.4 is 10.6 Å². The number of nitrogens with one attached hydrogen (secondary N) is 2. The molecule has 0 radical (unpaired) electrons. The van der Waals surface area contributed by atoms with E-state index in [-0.39, 0.29) is 11.7 Å². The average Bonchev–Trinajstić information content (AvgIpc) is 2.89. The highest BCUT2D eigenvalue weighted by Crippen LogP contribution is 2.28. The number of nitrogens with zero attached hydrogens (tertiary/aromatic N) is 1. The van der Waals surface area contributed by atoms with E-state index in [1.54, 1.807) is 17.8 Å². The van der Waals surface area contributed by atoms with E-state index in [2.05, 4.69) is 15.6 Å². The summed E-state index contributed by atoms with van der Waals surface area (Å²) in [6.45, 7) is 0.548. The number of halogens is 1. The van der Waals surface area contributed by atoms with Crippen molar-refractivity contribution in [2.45, 2.75) is 19.4 Å². The van der Waals surface area contributed by atoms with E-state index in [4.69, 9.17) is 0 Å². The Labute approximate surface area is 113 Å². The molecule has 3 rings (SSSR count). The number of aromatic nitrogens is 1. The molecular formula is C13H12FN3OS. The standard InChI is InChI=1S/C13H12FN3OS/c14-10-4-11-8(1-2-13(18)17-11)3-12(10)16-6-9-5-15-7-19-9/h3-5,7,16H,1-2,6H2,(H,17,18). The van der Waals surface area contributed by atoms with Crippen molar-refractivity contribution in [1.82, 2.24) is 4.98 Å². The van der Waals surface area contributed by atoms with Crippen LogP contribution in [0.2, 0.25) is 0 Å². The molecule has 1 amide bonds. The highest BCUT2D eigenvalue weighted by molar-refractivity contribution is 7.09. The van der Waals surface area contributed by atoms with E-state index >= 15 is 0 Å². The molecule has 1 aliphatic heterocycles. The Bertz CT molecular complexity index is 613. The van der Waals surface area contributed by atoms with Gasteiger partial charge in [-0.3, -0.25) is 9.78 Å². The Kier molecular flexibility index (Phi) is 3.16. The summed E-state index contributed by atoms with van der Waals surface area (Å²) < 4.78 is 13.9. The van der Waals surface area contributed by atoms with Crippen molar-refractivity contribution in [3.8, 4) is 0 Å². The molecule has 0 fully saturated rings. The minimum Gasteiger partial charge on any atom is -0.378 e. The first-order chi connectivity index (χ1) is 9.22. The Balaban J connectivity index is 1.80. The van der Waals surface area contributed by atoms with Gasteiger partial charge in [-0.05, 0) is 24.1 Å². The number of aryl methyl sites for hydroxylation is 1. The maximum atomic E-state index is 13.9. The molecule has 1 aromatic heterocycles. The summed E-state index contributed by atoms with van der Waals surface area (Å²) >= 11 is 1.52. The van der Waals surface area contributed by atoms with Gasteiger partial charge in [0.25, 0.3) is 0 Å². The predicted octanol–water partition coefficient (Wildman–Crippen LogP) is 2.78. The van der Waals surface area contributed by atoms with E-state index in [0.717, 1.165) is 10.4 Å². The Morgan fingerprint density at radius 2 is 2.32 bits per heavy atom. The summed E-state index contributed by atoms with van der Waals surface area (Å²) in [6.07, 6.45) is 2.86. The van der Waals surface area contributed by atoms with Gasteiger partial charge in [0.2, 0.25) is 5.91 Å². The number of thiazole rings is 1. The topological polar surface area (TPSA) is 54.0 Å². The first kappa shape index (κ1) is 12.1. The Hall–Kier alpha value is -1.95. The zero-order valence-electron chi connectivity index (χ0n) is 10.1. The van der Waals surface area contributed by atoms with Crippen molar-refractivity contribution in [3.05, 3.63) is 40.1 Å². The fraction of sp³-hybridized carbons (Fsp3) is 0.231. The Morgan fingerprint density at radius 3 is 3.11 bits per heavy atom. The van der Waals surface area contributed by atoms with Crippen molar-refractivity contribution >= 4 is 28.6 Å². The number of anilines is 2. The van der Waals surface area contributed by atoms with Gasteiger partial charge >= 0.3 is 0 Å². The number of amides is 1. The summed E-state index contributed by atoms with van der Waals surface area (Å²) in [7, 11) is 0. The number of carbonyl (C=O) groups excluding carboxylic acids is 1. The molecule has 2 N–H and O–H groups in total. The lowest BCUT2D eigenvalue weighted by Crippen LogP contribution is -2.19. The molecule has 0 saturated carbocycles. The number of fused-ring (bicyclic) bond motifs is 1. The van der Waals surface area contributed by atoms with E-state index in [1.165, 1.54) is 17.4 Å². The third kappa shape index (κ3) is 2.58. The highest BCUT2D eigenvalue weighted by atomic mass is 32.1. The summed E-state index contributed by atoms with van der Waals surface area (Å²) in [5.41, 5.74) is 3.75. The van der Waals surface area contributed by atoms with E-state index in [9.17, 15) is 9.18 Å². The third-order valence-electron chi connectivity index (χ3n) is 3.02. The lowest BCUT2D eigenvalue weighted by Gasteiger charge is -2.18. The summed E-state index contributed by atoms with van der Waals surface area (Å²) in [5, 5.41) is 5.74. The predicted molar refractivity (Wildman–Crippen MR) is 72.8 cm³/mol. The third-order valence-corrected chi connectivity index (χ3v) is 3.80. The van der Waals surface area contributed by atoms with E-state index < -0.39 is 0 Å². The van der Waals surface area contributed by atoms with Crippen molar-refractivity contribution in [2.75, 3.05) is 10.6 Å². The fourth-order valence-corrected chi connectivity index (χ4v) is 2.58. The highest BCUT2D eigenvalue weighted by Gasteiger charge is 2.17. The van der Waals surface area contributed by atoms with Crippen LogP contribution in [0.1, 0.15) is 16.9 Å². The minimum atomic E-state index is -0.356. The van der Waals surface area contributed by atoms with Crippen LogP contribution in [-0.4, -0.2) is 10.9 Å². The molecule has 2 aromatic rings. The largest absolute Gasteiger partial charge is 0.378 e. The molecule has 1 aromatic carbocycles. The fourth-order valence-electron chi connectivity index (χ4n) is 2.05. The average molecular weight is 277 g/mol. The van der Waals surface area contributed by atoms with Gasteiger partial charge in [-0.2, -0.15) is 0 Å². The van der Waals surface area contributed by atoms with Gasteiger partial charge in [-0.15, -0.1) is 11.3 Å². The molecular weight excluding hydrogens is 265 g/mol. The lowest BCUT2D eigenvalue weighted by atomic mass is 10.0. The molecule has 0 bridgehead atoms. The van der Waals surface area contributed by atoms with Crippen LogP contribution in [0.15, 0.2) is 23.8 Å². The molecule has 2 heterocycles. The van der Waals surface area contributed by atoms with Crippen molar-refractivity contribution in [2.24, 2.45) is 0 Å². The van der Waals surface area contributed by atoms with Gasteiger partial charge < -0.3 is 10.6 Å². The van der Waals surface area contributed by atoms with Gasteiger partial charge in [0.1, 0.15) is 5.82 Å². The smallest absolute Gasteiger partial charge is 0.224 e. The van der Waals surface area contributed by atoms with Gasteiger partial charge in [-0.25, -0.2) is 4.39 Å². The summed E-state index contributed by atoms with van der Waals surface area (Å²) in [5.74, 6) is -0.414. The van der Waals surface area contributed by atoms with Crippen molar-refractivity contribution < 1.29 is 9.18 Å². The molecule has 0 atom stereocenters. The molecule has 0 spiro atoms. The van der Waals surface area contributed by atoms with Gasteiger partial charge in [-0.1, -0.05) is 0 Å². The molecule has 0 aliphatic carbocycles. The van der Waals surface area contributed by atoms with Crippen molar-refractivity contribution in [3.63, 3.8) is 0 Å². The molecule has 98 valence electrons. The van der Waals surface area contributed by atoms with Crippen LogP contribution in [0.25, 0.3) is 0 Å². The van der Waals surface area contributed by atoms with Crippen LogP contribution in [0.4, 0.5) is 15.8 Å². The molecule has 0 saturated heterocycles. The quantitative estimate of drug-likeness (QED) is 0.907. The van der Waals surface area contributed by atoms with Crippen LogP contribution >= 0.6 is 11.3 Å². The van der Waals surface area contributed by atoms with Crippen LogP contribution in [0.5, 0.6) is 0 Å². The normalized spacial score (nSPS) is 13.8. The Morgan fingerprint density at radius 1 is 1.42 bits per heavy atom. The van der Waals surface area contributed by atoms with Gasteiger partial charge in [0.05, 0.1) is 17.7 Å². The number of carbonyl (C=O) groups is 1. The number of hydrogen-bond acceptors (Lipinski definition) is 4. The maximum absolute atomic E-state index is 13.9. The van der Waals surface area contributed by atoms with Crippen LogP contribution in [0.3, 0.4) is 0 Å². The number of rotatable bonds is 3. The van der Waals surface area contributed by atoms with Crippen molar-refractivity contribution in [1.29, 1.82) is 0 Å². The SMILES string of the molecule is O=C1CCc2cc(NCc3cncs3)c(F)cc2N1. The van der Waals surface area contributed by atoms with Crippen LogP contribution in [-0.2, 0) is 17.8 Å². The summed E-state index contributed by atoms with van der Waals surface area (Å²) in [6, 6.07) is 3.15. The maximum Gasteiger partial charge on any atom is 0.224 e. The van der Waals surface area contributed by atoms with Gasteiger partial charge in [0, 0.05) is 23.2 Å². The van der Waals surface area contributed by atoms with E-state index in [0.29, 0.717) is 30.8 Å². The number of hydrogen-bond donors (Lipinski definition) is 2. The molecule has 19 heavy (non-hydrogen) atoms. The second kappa shape index (κ2) is 4.97. The zero-order chi connectivity index (χ0) is 13.2. The molecule has 0 unspecified atom stereocenters. The number of benzene rings is 1. The second-order valence-corrected chi connectivity index (χ2v) is 5.33. The molecule has 4 nitrogen and oxygen atoms in total. The van der Waals surface area contributed by atoms with Gasteiger partial charge in [0.15, 0.2) is 0 Å². The molecule has 6 heteroatoms. The second-order valence-electron chi connectivity index (χ2n) is 4.36. The zero-order valence-corrected chi connectivity index (χ0v) is 10.9. The minimum absolute atomic E-state index is 0.0581. The van der Waals surface area contributed by atoms with Crippen LogP contribution in [0, 0.1) is 5.82 Å².